The number of ether oxygens (including phenoxy) is 1. The van der Waals surface area contributed by atoms with E-state index in [1.165, 1.54) is 7.05 Å². The maximum absolute atomic E-state index is 12.6. The molecule has 6 nitrogen and oxygen atoms in total. The highest BCUT2D eigenvalue weighted by Crippen LogP contribution is 2.21. The molecule has 0 aliphatic rings. The van der Waals surface area contributed by atoms with Gasteiger partial charge in [-0.05, 0) is 31.0 Å². The number of carbonyl (C=O) groups is 3. The van der Waals surface area contributed by atoms with Crippen molar-refractivity contribution in [2.75, 3.05) is 7.05 Å². The van der Waals surface area contributed by atoms with Gasteiger partial charge in [0.05, 0.1) is 5.56 Å². The van der Waals surface area contributed by atoms with Crippen LogP contribution in [0, 0.1) is 13.8 Å². The van der Waals surface area contributed by atoms with Crippen molar-refractivity contribution in [3.63, 3.8) is 0 Å². The number of hydrogen-bond donors (Lipinski definition) is 2. The van der Waals surface area contributed by atoms with Crippen molar-refractivity contribution in [3.8, 4) is 0 Å². The molecule has 2 rings (SSSR count). The lowest BCUT2D eigenvalue weighted by Crippen LogP contribution is -2.41. The SMILES string of the molecule is CNC(=O)NC(=O)[C@H](OC(=O)c1cccc(C)c1C)c1ccccc1. The summed E-state index contributed by atoms with van der Waals surface area (Å²) in [7, 11) is 1.39. The second-order valence-corrected chi connectivity index (χ2v) is 5.51. The summed E-state index contributed by atoms with van der Waals surface area (Å²) in [5, 5.41) is 4.44. The van der Waals surface area contributed by atoms with E-state index < -0.39 is 24.0 Å². The van der Waals surface area contributed by atoms with Gasteiger partial charge in [0.1, 0.15) is 0 Å². The minimum Gasteiger partial charge on any atom is -0.444 e. The van der Waals surface area contributed by atoms with E-state index in [0.717, 1.165) is 11.1 Å². The standard InChI is InChI=1S/C19H20N2O4/c1-12-8-7-11-15(13(12)2)18(23)25-16(14-9-5-4-6-10-14)17(22)21-19(24)20-3/h4-11,16H,1-3H3,(H2,20,21,22,24)/t16-/m1/s1. The number of benzene rings is 2. The van der Waals surface area contributed by atoms with Crippen LogP contribution in [-0.2, 0) is 9.53 Å². The molecule has 0 heterocycles. The quantitative estimate of drug-likeness (QED) is 0.838. The van der Waals surface area contributed by atoms with Crippen molar-refractivity contribution in [2.45, 2.75) is 20.0 Å². The Hall–Kier alpha value is -3.15. The highest BCUT2D eigenvalue weighted by molar-refractivity contribution is 5.99. The molecule has 0 bridgehead atoms. The normalized spacial score (nSPS) is 11.3. The maximum Gasteiger partial charge on any atom is 0.339 e. The van der Waals surface area contributed by atoms with E-state index in [1.54, 1.807) is 42.5 Å². The highest BCUT2D eigenvalue weighted by atomic mass is 16.5. The summed E-state index contributed by atoms with van der Waals surface area (Å²) in [6, 6.07) is 13.2. The van der Waals surface area contributed by atoms with E-state index in [1.807, 2.05) is 19.9 Å². The summed E-state index contributed by atoms with van der Waals surface area (Å²) >= 11 is 0. The first-order valence-corrected chi connectivity index (χ1v) is 7.78. The molecule has 0 unspecified atom stereocenters. The number of aryl methyl sites for hydroxylation is 1. The molecule has 25 heavy (non-hydrogen) atoms. The Morgan fingerprint density at radius 2 is 1.64 bits per heavy atom. The van der Waals surface area contributed by atoms with Crippen LogP contribution in [0.25, 0.3) is 0 Å². The molecule has 2 aromatic rings. The fourth-order valence-electron chi connectivity index (χ4n) is 2.28. The first kappa shape index (κ1) is 18.2. The van der Waals surface area contributed by atoms with Crippen LogP contribution >= 0.6 is 0 Å². The van der Waals surface area contributed by atoms with Crippen LogP contribution in [0.5, 0.6) is 0 Å². The van der Waals surface area contributed by atoms with Gasteiger partial charge in [0, 0.05) is 12.6 Å². The molecule has 2 aromatic carbocycles. The van der Waals surface area contributed by atoms with Gasteiger partial charge in [0.2, 0.25) is 6.10 Å². The average Bonchev–Trinajstić information content (AvgIpc) is 2.62. The number of amides is 3. The van der Waals surface area contributed by atoms with Crippen LogP contribution < -0.4 is 10.6 Å². The molecule has 6 heteroatoms. The molecule has 0 radical (unpaired) electrons. The van der Waals surface area contributed by atoms with Crippen LogP contribution in [0.3, 0.4) is 0 Å². The monoisotopic (exact) mass is 340 g/mol. The first-order chi connectivity index (χ1) is 11.9. The summed E-state index contributed by atoms with van der Waals surface area (Å²) in [6.45, 7) is 3.70. The number of hydrogen-bond acceptors (Lipinski definition) is 4. The molecule has 0 spiro atoms. The second-order valence-electron chi connectivity index (χ2n) is 5.51. The van der Waals surface area contributed by atoms with E-state index in [2.05, 4.69) is 10.6 Å². The maximum atomic E-state index is 12.6. The van der Waals surface area contributed by atoms with Gasteiger partial charge in [-0.3, -0.25) is 10.1 Å². The van der Waals surface area contributed by atoms with E-state index in [4.69, 9.17) is 4.74 Å². The summed E-state index contributed by atoms with van der Waals surface area (Å²) < 4.78 is 5.43. The van der Waals surface area contributed by atoms with Gasteiger partial charge >= 0.3 is 12.0 Å². The molecule has 1 atom stereocenters. The van der Waals surface area contributed by atoms with Crippen molar-refractivity contribution in [1.29, 1.82) is 0 Å². The molecule has 0 aromatic heterocycles. The van der Waals surface area contributed by atoms with Crippen LogP contribution in [0.2, 0.25) is 0 Å². The van der Waals surface area contributed by atoms with Gasteiger partial charge in [-0.15, -0.1) is 0 Å². The van der Waals surface area contributed by atoms with E-state index in [9.17, 15) is 14.4 Å². The van der Waals surface area contributed by atoms with Crippen molar-refractivity contribution in [3.05, 3.63) is 70.8 Å². The van der Waals surface area contributed by atoms with Gasteiger partial charge in [-0.1, -0.05) is 42.5 Å². The smallest absolute Gasteiger partial charge is 0.339 e. The Kier molecular flexibility index (Phi) is 5.89. The number of urea groups is 1. The lowest BCUT2D eigenvalue weighted by molar-refractivity contribution is -0.129. The lowest BCUT2D eigenvalue weighted by Gasteiger charge is -2.18. The molecule has 2 N–H and O–H groups in total. The Balaban J connectivity index is 2.30. The predicted molar refractivity (Wildman–Crippen MR) is 93.1 cm³/mol. The summed E-state index contributed by atoms with van der Waals surface area (Å²) in [4.78, 5) is 36.4. The molecule has 0 saturated carbocycles. The van der Waals surface area contributed by atoms with Gasteiger partial charge in [-0.25, -0.2) is 9.59 Å². The van der Waals surface area contributed by atoms with Gasteiger partial charge < -0.3 is 10.1 Å². The van der Waals surface area contributed by atoms with E-state index >= 15 is 0 Å². The van der Waals surface area contributed by atoms with Crippen molar-refractivity contribution < 1.29 is 19.1 Å². The van der Waals surface area contributed by atoms with E-state index in [-0.39, 0.29) is 0 Å². The zero-order chi connectivity index (χ0) is 18.4. The number of esters is 1. The lowest BCUT2D eigenvalue weighted by atomic mass is 10.0. The zero-order valence-electron chi connectivity index (χ0n) is 14.3. The number of imide groups is 1. The Labute approximate surface area is 146 Å². The molecule has 3 amide bonds. The third kappa shape index (κ3) is 4.44. The summed E-state index contributed by atoms with van der Waals surface area (Å²) in [5.74, 6) is -1.34. The number of rotatable bonds is 4. The topological polar surface area (TPSA) is 84.5 Å². The first-order valence-electron chi connectivity index (χ1n) is 7.78. The van der Waals surface area contributed by atoms with Crippen LogP contribution in [-0.4, -0.2) is 25.0 Å². The van der Waals surface area contributed by atoms with Gasteiger partial charge in [-0.2, -0.15) is 0 Å². The minimum atomic E-state index is -1.23. The van der Waals surface area contributed by atoms with Crippen LogP contribution in [0.15, 0.2) is 48.5 Å². The minimum absolute atomic E-state index is 0.383. The predicted octanol–water partition coefficient (Wildman–Crippen LogP) is 2.66. The molecule has 0 saturated heterocycles. The molecule has 130 valence electrons. The van der Waals surface area contributed by atoms with Gasteiger partial charge in [0.25, 0.3) is 5.91 Å². The highest BCUT2D eigenvalue weighted by Gasteiger charge is 2.27. The molecule has 0 aliphatic carbocycles. The van der Waals surface area contributed by atoms with E-state index in [0.29, 0.717) is 11.1 Å². The number of carbonyl (C=O) groups excluding carboxylic acids is 3. The third-order valence-electron chi connectivity index (χ3n) is 3.85. The fraction of sp³-hybridized carbons (Fsp3) is 0.211. The Morgan fingerprint density at radius 1 is 0.960 bits per heavy atom. The Morgan fingerprint density at radius 3 is 2.28 bits per heavy atom. The second kappa shape index (κ2) is 8.10. The van der Waals surface area contributed by atoms with Crippen molar-refractivity contribution in [1.82, 2.24) is 10.6 Å². The summed E-state index contributed by atoms with van der Waals surface area (Å²) in [6.07, 6.45) is -1.23. The summed E-state index contributed by atoms with van der Waals surface area (Å²) in [5.41, 5.74) is 2.59. The van der Waals surface area contributed by atoms with Gasteiger partial charge in [0.15, 0.2) is 0 Å². The molecule has 0 fully saturated rings. The average molecular weight is 340 g/mol. The largest absolute Gasteiger partial charge is 0.444 e. The van der Waals surface area contributed by atoms with Crippen molar-refractivity contribution in [2.24, 2.45) is 0 Å². The van der Waals surface area contributed by atoms with Crippen molar-refractivity contribution >= 4 is 17.9 Å². The molecular weight excluding hydrogens is 320 g/mol. The van der Waals surface area contributed by atoms with Crippen LogP contribution in [0.4, 0.5) is 4.79 Å². The zero-order valence-corrected chi connectivity index (χ0v) is 14.3. The molecule has 0 aliphatic heterocycles. The number of nitrogens with one attached hydrogen (secondary N) is 2. The Bertz CT molecular complexity index is 787. The molecular formula is C19H20N2O4. The third-order valence-corrected chi connectivity index (χ3v) is 3.85. The van der Waals surface area contributed by atoms with Crippen LogP contribution in [0.1, 0.15) is 33.2 Å². The fourth-order valence-corrected chi connectivity index (χ4v) is 2.28.